The minimum Gasteiger partial charge on any atom is -0.317 e. The summed E-state index contributed by atoms with van der Waals surface area (Å²) in [5, 5.41) is 3.43. The highest BCUT2D eigenvalue weighted by Gasteiger charge is 2.20. The topological polar surface area (TPSA) is 63.6 Å². The summed E-state index contributed by atoms with van der Waals surface area (Å²) in [7, 11) is 0. The first-order chi connectivity index (χ1) is 9.86. The van der Waals surface area contributed by atoms with Crippen LogP contribution >= 0.6 is 0 Å². The highest BCUT2D eigenvalue weighted by Crippen LogP contribution is 2.24. The lowest BCUT2D eigenvalue weighted by molar-refractivity contribution is 0.424. The second-order valence-electron chi connectivity index (χ2n) is 5.15. The summed E-state index contributed by atoms with van der Waals surface area (Å²) in [6.45, 7) is 4.26. The van der Waals surface area contributed by atoms with Crippen LogP contribution in [0, 0.1) is 5.92 Å². The van der Waals surface area contributed by atoms with Crippen molar-refractivity contribution in [2.24, 2.45) is 5.92 Å². The van der Waals surface area contributed by atoms with Crippen molar-refractivity contribution < 1.29 is 0 Å². The first kappa shape index (κ1) is 13.1. The summed E-state index contributed by atoms with van der Waals surface area (Å²) in [5.41, 5.74) is 2.44. The smallest absolute Gasteiger partial charge is 0.197 e. The molecule has 2 aromatic rings. The molecule has 0 fully saturated rings. The Morgan fingerprint density at radius 1 is 1.20 bits per heavy atom. The predicted molar refractivity (Wildman–Crippen MR) is 77.1 cm³/mol. The Morgan fingerprint density at radius 3 is 2.85 bits per heavy atom. The molecule has 5 heteroatoms. The molecule has 0 saturated carbocycles. The Morgan fingerprint density at radius 2 is 2.05 bits per heavy atom. The molecule has 3 rings (SSSR count). The van der Waals surface area contributed by atoms with Gasteiger partial charge in [0, 0.05) is 24.3 Å². The van der Waals surface area contributed by atoms with Crippen molar-refractivity contribution in [2.75, 3.05) is 13.1 Å². The van der Waals surface area contributed by atoms with Gasteiger partial charge in [0.2, 0.25) is 0 Å². The van der Waals surface area contributed by atoms with Crippen LogP contribution in [0.15, 0.2) is 24.7 Å². The molecule has 104 valence electrons. The Bertz CT molecular complexity index is 570. The molecule has 0 aromatic carbocycles. The summed E-state index contributed by atoms with van der Waals surface area (Å²) >= 11 is 0. The summed E-state index contributed by atoms with van der Waals surface area (Å²) in [6.07, 6.45) is 8.67. The molecular weight excluding hydrogens is 250 g/mol. The third-order valence-electron chi connectivity index (χ3n) is 3.70. The minimum absolute atomic E-state index is 0.602. The zero-order chi connectivity index (χ0) is 13.8. The van der Waals surface area contributed by atoms with Gasteiger partial charge < -0.3 is 5.32 Å². The standard InChI is InChI=1S/C15H19N5/c1-2-16-9-11-4-5-13-12(8-11)10-19-15(20-13)14-17-6-3-7-18-14/h3,6-7,10-11,16H,2,4-5,8-9H2,1H3. The maximum absolute atomic E-state index is 4.64. The quantitative estimate of drug-likeness (QED) is 0.914. The van der Waals surface area contributed by atoms with Crippen molar-refractivity contribution in [3.8, 4) is 11.6 Å². The van der Waals surface area contributed by atoms with Crippen molar-refractivity contribution in [2.45, 2.75) is 26.2 Å². The number of hydrogen-bond donors (Lipinski definition) is 1. The van der Waals surface area contributed by atoms with Gasteiger partial charge in [0.1, 0.15) is 0 Å². The Labute approximate surface area is 118 Å². The second-order valence-corrected chi connectivity index (χ2v) is 5.15. The van der Waals surface area contributed by atoms with Crippen molar-refractivity contribution >= 4 is 0 Å². The van der Waals surface area contributed by atoms with E-state index in [-0.39, 0.29) is 0 Å². The van der Waals surface area contributed by atoms with Crippen molar-refractivity contribution in [3.63, 3.8) is 0 Å². The van der Waals surface area contributed by atoms with Crippen molar-refractivity contribution in [1.29, 1.82) is 0 Å². The maximum atomic E-state index is 4.64. The molecule has 2 heterocycles. The van der Waals surface area contributed by atoms with Crippen LogP contribution in [-0.2, 0) is 12.8 Å². The first-order valence-corrected chi connectivity index (χ1v) is 7.19. The van der Waals surface area contributed by atoms with Gasteiger partial charge in [-0.05, 0) is 49.9 Å². The van der Waals surface area contributed by atoms with Crippen LogP contribution < -0.4 is 5.32 Å². The largest absolute Gasteiger partial charge is 0.317 e. The predicted octanol–water partition coefficient (Wildman–Crippen LogP) is 1.65. The highest BCUT2D eigenvalue weighted by molar-refractivity contribution is 5.43. The van der Waals surface area contributed by atoms with Gasteiger partial charge in [-0.15, -0.1) is 0 Å². The molecule has 1 N–H and O–H groups in total. The van der Waals surface area contributed by atoms with Crippen LogP contribution in [0.4, 0.5) is 0 Å². The number of aromatic nitrogens is 4. The number of fused-ring (bicyclic) bond motifs is 1. The highest BCUT2D eigenvalue weighted by atomic mass is 15.0. The van der Waals surface area contributed by atoms with E-state index in [1.165, 1.54) is 12.0 Å². The van der Waals surface area contributed by atoms with Crippen LogP contribution in [0.5, 0.6) is 0 Å². The number of rotatable bonds is 4. The average molecular weight is 269 g/mol. The van der Waals surface area contributed by atoms with Crippen LogP contribution in [0.25, 0.3) is 11.6 Å². The van der Waals surface area contributed by atoms with E-state index in [4.69, 9.17) is 0 Å². The van der Waals surface area contributed by atoms with E-state index < -0.39 is 0 Å². The van der Waals surface area contributed by atoms with E-state index in [1.54, 1.807) is 18.5 Å². The molecule has 0 amide bonds. The van der Waals surface area contributed by atoms with Gasteiger partial charge in [-0.1, -0.05) is 6.92 Å². The fraction of sp³-hybridized carbons (Fsp3) is 0.467. The normalized spacial score (nSPS) is 17.8. The molecule has 2 aromatic heterocycles. The average Bonchev–Trinajstić information content (AvgIpc) is 2.53. The minimum atomic E-state index is 0.602. The van der Waals surface area contributed by atoms with Crippen LogP contribution in [0.2, 0.25) is 0 Å². The molecule has 1 aliphatic carbocycles. The Hall–Kier alpha value is -1.88. The van der Waals surface area contributed by atoms with Gasteiger partial charge in [-0.25, -0.2) is 19.9 Å². The molecule has 0 aliphatic heterocycles. The first-order valence-electron chi connectivity index (χ1n) is 7.19. The molecule has 1 unspecified atom stereocenters. The van der Waals surface area contributed by atoms with Crippen molar-refractivity contribution in [3.05, 3.63) is 35.9 Å². The maximum Gasteiger partial charge on any atom is 0.197 e. The zero-order valence-corrected chi connectivity index (χ0v) is 11.7. The number of nitrogens with zero attached hydrogens (tertiary/aromatic N) is 4. The van der Waals surface area contributed by atoms with Gasteiger partial charge in [-0.2, -0.15) is 0 Å². The molecule has 0 saturated heterocycles. The fourth-order valence-electron chi connectivity index (χ4n) is 2.63. The van der Waals surface area contributed by atoms with Gasteiger partial charge in [0.25, 0.3) is 0 Å². The lowest BCUT2D eigenvalue weighted by atomic mass is 9.87. The van der Waals surface area contributed by atoms with Gasteiger partial charge in [0.05, 0.1) is 0 Å². The molecule has 0 bridgehead atoms. The van der Waals surface area contributed by atoms with E-state index in [9.17, 15) is 0 Å². The van der Waals surface area contributed by atoms with Crippen LogP contribution in [0.1, 0.15) is 24.6 Å². The Balaban J connectivity index is 1.78. The monoisotopic (exact) mass is 269 g/mol. The molecule has 5 nitrogen and oxygen atoms in total. The zero-order valence-electron chi connectivity index (χ0n) is 11.7. The molecule has 0 spiro atoms. The number of nitrogens with one attached hydrogen (secondary N) is 1. The van der Waals surface area contributed by atoms with E-state index in [0.29, 0.717) is 17.6 Å². The Kier molecular flexibility index (Phi) is 3.97. The summed E-state index contributed by atoms with van der Waals surface area (Å²) in [4.78, 5) is 17.5. The SMILES string of the molecule is CCNCC1CCc2nc(-c3ncccn3)ncc2C1. The molecule has 20 heavy (non-hydrogen) atoms. The van der Waals surface area contributed by atoms with Gasteiger partial charge in [0.15, 0.2) is 11.6 Å². The molecule has 1 atom stereocenters. The van der Waals surface area contributed by atoms with E-state index in [0.717, 1.165) is 31.6 Å². The van der Waals surface area contributed by atoms with E-state index in [2.05, 4.69) is 32.2 Å². The third kappa shape index (κ3) is 2.82. The molecule has 1 aliphatic rings. The lowest BCUT2D eigenvalue weighted by Crippen LogP contribution is -2.27. The number of hydrogen-bond acceptors (Lipinski definition) is 5. The lowest BCUT2D eigenvalue weighted by Gasteiger charge is -2.23. The summed E-state index contributed by atoms with van der Waals surface area (Å²) in [5.74, 6) is 1.93. The summed E-state index contributed by atoms with van der Waals surface area (Å²) < 4.78 is 0. The van der Waals surface area contributed by atoms with Crippen LogP contribution in [0.3, 0.4) is 0 Å². The summed E-state index contributed by atoms with van der Waals surface area (Å²) in [6, 6.07) is 1.80. The third-order valence-corrected chi connectivity index (χ3v) is 3.70. The van der Waals surface area contributed by atoms with Gasteiger partial charge >= 0.3 is 0 Å². The van der Waals surface area contributed by atoms with E-state index in [1.807, 2.05) is 6.20 Å². The van der Waals surface area contributed by atoms with Crippen LogP contribution in [-0.4, -0.2) is 33.0 Å². The van der Waals surface area contributed by atoms with E-state index >= 15 is 0 Å². The number of aryl methyl sites for hydroxylation is 1. The van der Waals surface area contributed by atoms with Crippen molar-refractivity contribution in [1.82, 2.24) is 25.3 Å². The fourth-order valence-corrected chi connectivity index (χ4v) is 2.63. The van der Waals surface area contributed by atoms with Gasteiger partial charge in [-0.3, -0.25) is 0 Å². The molecule has 0 radical (unpaired) electrons. The second kappa shape index (κ2) is 6.05. The molecular formula is C15H19N5.